The number of aromatic nitrogens is 2. The molecule has 12 rings (SSSR count). The standard InChI is InChI=1S/C62H45FN4/c1-2-43-21-29-49(30-22-43)64(53-37-39-61-57(41-53)55-17-9-11-19-59(55)66(61)47-13-5-3-6-14-47)50-31-23-44(24-32-50)45-25-33-51(34-26-45)65(52-35-27-46(63)28-36-52)54-38-40-62-58(42-54)56-18-10-12-20-60(56)67(62)48-15-7-4-8-16-48/h3-42H,2H2,1H3. The Morgan fingerprint density at radius 2 is 0.672 bits per heavy atom. The highest BCUT2D eigenvalue weighted by Crippen LogP contribution is 2.43. The smallest absolute Gasteiger partial charge is 0.123 e. The predicted molar refractivity (Wildman–Crippen MR) is 279 cm³/mol. The van der Waals surface area contributed by atoms with E-state index in [4.69, 9.17) is 0 Å². The molecule has 0 fully saturated rings. The zero-order chi connectivity index (χ0) is 44.8. The van der Waals surface area contributed by atoms with Gasteiger partial charge in [0, 0.05) is 67.0 Å². The first-order valence-electron chi connectivity index (χ1n) is 22.9. The molecular weight excluding hydrogens is 820 g/mol. The average molecular weight is 865 g/mol. The molecule has 0 radical (unpaired) electrons. The Morgan fingerprint density at radius 1 is 0.328 bits per heavy atom. The monoisotopic (exact) mass is 864 g/mol. The minimum atomic E-state index is -0.267. The van der Waals surface area contributed by atoms with Gasteiger partial charge < -0.3 is 18.9 Å². The SMILES string of the molecule is CCc1ccc(N(c2ccc(-c3ccc(N(c4ccc(F)cc4)c4ccc5c(c4)c4ccccc4n5-c4ccccc4)cc3)cc2)c2ccc3c(c2)c2ccccc2n3-c2ccccc2)cc1. The van der Waals surface area contributed by atoms with Crippen molar-refractivity contribution < 1.29 is 4.39 Å². The summed E-state index contributed by atoms with van der Waals surface area (Å²) in [5.74, 6) is -0.267. The molecule has 12 aromatic rings. The van der Waals surface area contributed by atoms with E-state index in [1.165, 1.54) is 44.9 Å². The normalized spacial score (nSPS) is 11.5. The fraction of sp³-hybridized carbons (Fsp3) is 0.0323. The maximum atomic E-state index is 14.4. The van der Waals surface area contributed by atoms with Crippen molar-refractivity contribution in [2.24, 2.45) is 0 Å². The molecule has 2 aromatic heterocycles. The van der Waals surface area contributed by atoms with Gasteiger partial charge in [0.15, 0.2) is 0 Å². The van der Waals surface area contributed by atoms with Gasteiger partial charge in [0.05, 0.1) is 22.1 Å². The Morgan fingerprint density at radius 3 is 1.09 bits per heavy atom. The summed E-state index contributed by atoms with van der Waals surface area (Å²) in [4.78, 5) is 4.56. The molecule has 0 N–H and O–H groups in total. The number of hydrogen-bond acceptors (Lipinski definition) is 2. The molecule has 0 aliphatic heterocycles. The van der Waals surface area contributed by atoms with E-state index >= 15 is 0 Å². The van der Waals surface area contributed by atoms with Crippen LogP contribution in [0, 0.1) is 5.82 Å². The zero-order valence-corrected chi connectivity index (χ0v) is 37.0. The quantitative estimate of drug-likeness (QED) is 0.136. The van der Waals surface area contributed by atoms with Gasteiger partial charge in [-0.15, -0.1) is 0 Å². The van der Waals surface area contributed by atoms with Crippen LogP contribution < -0.4 is 9.80 Å². The zero-order valence-electron chi connectivity index (χ0n) is 37.0. The summed E-state index contributed by atoms with van der Waals surface area (Å²) in [6, 6.07) is 85.0. The third-order valence-electron chi connectivity index (χ3n) is 13.1. The molecule has 0 saturated heterocycles. The van der Waals surface area contributed by atoms with Gasteiger partial charge in [-0.25, -0.2) is 4.39 Å². The van der Waals surface area contributed by atoms with Crippen molar-refractivity contribution in [2.75, 3.05) is 9.80 Å². The molecule has 0 unspecified atom stereocenters. The molecule has 0 aliphatic carbocycles. The van der Waals surface area contributed by atoms with Crippen LogP contribution in [0.15, 0.2) is 243 Å². The number of fused-ring (bicyclic) bond motifs is 6. The number of nitrogens with zero attached hydrogens (tertiary/aromatic N) is 4. The molecule has 0 bridgehead atoms. The summed E-state index contributed by atoms with van der Waals surface area (Å²) in [6.07, 6.45) is 0.982. The molecule has 0 spiro atoms. The number of aryl methyl sites for hydroxylation is 1. The largest absolute Gasteiger partial charge is 0.310 e. The van der Waals surface area contributed by atoms with Gasteiger partial charge >= 0.3 is 0 Å². The Bertz CT molecular complexity index is 3710. The van der Waals surface area contributed by atoms with Crippen LogP contribution in [0.25, 0.3) is 66.1 Å². The maximum absolute atomic E-state index is 14.4. The van der Waals surface area contributed by atoms with Crippen LogP contribution in [0.5, 0.6) is 0 Å². The second-order valence-electron chi connectivity index (χ2n) is 17.0. The van der Waals surface area contributed by atoms with Gasteiger partial charge in [0.1, 0.15) is 5.82 Å². The predicted octanol–water partition coefficient (Wildman–Crippen LogP) is 17.2. The van der Waals surface area contributed by atoms with Crippen molar-refractivity contribution in [2.45, 2.75) is 13.3 Å². The first-order valence-corrected chi connectivity index (χ1v) is 22.9. The van der Waals surface area contributed by atoms with Crippen molar-refractivity contribution >= 4 is 77.7 Å². The molecule has 0 aliphatic rings. The summed E-state index contributed by atoms with van der Waals surface area (Å²) in [6.45, 7) is 2.19. The summed E-state index contributed by atoms with van der Waals surface area (Å²) in [5, 5.41) is 4.75. The van der Waals surface area contributed by atoms with E-state index in [1.54, 1.807) is 0 Å². The number of hydrogen-bond donors (Lipinski definition) is 0. The summed E-state index contributed by atoms with van der Waals surface area (Å²) in [7, 11) is 0. The molecule has 0 saturated carbocycles. The molecule has 2 heterocycles. The fourth-order valence-corrected chi connectivity index (χ4v) is 9.88. The van der Waals surface area contributed by atoms with Gasteiger partial charge in [0.25, 0.3) is 0 Å². The van der Waals surface area contributed by atoms with E-state index in [0.717, 1.165) is 79.5 Å². The molecule has 5 heteroatoms. The van der Waals surface area contributed by atoms with Crippen LogP contribution in [0.3, 0.4) is 0 Å². The Hall–Kier alpha value is -8.67. The molecule has 10 aromatic carbocycles. The van der Waals surface area contributed by atoms with Crippen LogP contribution in [0.4, 0.5) is 38.5 Å². The van der Waals surface area contributed by atoms with Crippen LogP contribution in [-0.2, 0) is 6.42 Å². The van der Waals surface area contributed by atoms with Crippen molar-refractivity contribution in [3.63, 3.8) is 0 Å². The van der Waals surface area contributed by atoms with Crippen LogP contribution in [0.2, 0.25) is 0 Å². The lowest BCUT2D eigenvalue weighted by molar-refractivity contribution is 0.628. The number of rotatable bonds is 10. The number of halogens is 1. The third kappa shape index (κ3) is 7.09. The van der Waals surface area contributed by atoms with Gasteiger partial charge in [-0.2, -0.15) is 0 Å². The second-order valence-corrected chi connectivity index (χ2v) is 17.0. The Kier molecular flexibility index (Phi) is 9.95. The number of benzene rings is 10. The summed E-state index contributed by atoms with van der Waals surface area (Å²) >= 11 is 0. The second kappa shape index (κ2) is 16.7. The van der Waals surface area contributed by atoms with Crippen molar-refractivity contribution in [3.8, 4) is 22.5 Å². The summed E-state index contributed by atoms with van der Waals surface area (Å²) < 4.78 is 19.1. The highest BCUT2D eigenvalue weighted by atomic mass is 19.1. The molecular formula is C62H45FN4. The molecule has 0 amide bonds. The average Bonchev–Trinajstić information content (AvgIpc) is 3.91. The van der Waals surface area contributed by atoms with Crippen LogP contribution in [-0.4, -0.2) is 9.13 Å². The molecule has 4 nitrogen and oxygen atoms in total. The molecule has 0 atom stereocenters. The lowest BCUT2D eigenvalue weighted by Gasteiger charge is -2.26. The van der Waals surface area contributed by atoms with Gasteiger partial charge in [0.2, 0.25) is 0 Å². The van der Waals surface area contributed by atoms with E-state index < -0.39 is 0 Å². The highest BCUT2D eigenvalue weighted by molar-refractivity contribution is 6.12. The third-order valence-corrected chi connectivity index (χ3v) is 13.1. The van der Waals surface area contributed by atoms with E-state index in [2.05, 4.69) is 238 Å². The lowest BCUT2D eigenvalue weighted by atomic mass is 10.0. The first-order chi connectivity index (χ1) is 33.1. The van der Waals surface area contributed by atoms with E-state index in [-0.39, 0.29) is 5.82 Å². The van der Waals surface area contributed by atoms with Crippen LogP contribution in [0.1, 0.15) is 12.5 Å². The van der Waals surface area contributed by atoms with E-state index in [1.807, 2.05) is 18.2 Å². The Labute approximate surface area is 389 Å². The number of anilines is 6. The van der Waals surface area contributed by atoms with Crippen LogP contribution >= 0.6 is 0 Å². The first kappa shape index (κ1) is 39.9. The highest BCUT2D eigenvalue weighted by Gasteiger charge is 2.20. The van der Waals surface area contributed by atoms with E-state index in [9.17, 15) is 4.39 Å². The summed E-state index contributed by atoms with van der Waals surface area (Å²) in [5.41, 5.74) is 16.5. The molecule has 320 valence electrons. The van der Waals surface area contributed by atoms with Crippen molar-refractivity contribution in [1.29, 1.82) is 0 Å². The maximum Gasteiger partial charge on any atom is 0.123 e. The fourth-order valence-electron chi connectivity index (χ4n) is 9.88. The minimum Gasteiger partial charge on any atom is -0.310 e. The van der Waals surface area contributed by atoms with Gasteiger partial charge in [-0.3, -0.25) is 0 Å². The number of para-hydroxylation sites is 4. The minimum absolute atomic E-state index is 0.267. The van der Waals surface area contributed by atoms with Crippen molar-refractivity contribution in [3.05, 3.63) is 254 Å². The van der Waals surface area contributed by atoms with Gasteiger partial charge in [-0.1, -0.05) is 116 Å². The van der Waals surface area contributed by atoms with Crippen molar-refractivity contribution in [1.82, 2.24) is 9.13 Å². The van der Waals surface area contributed by atoms with Gasteiger partial charge in [-0.05, 0) is 157 Å². The molecule has 67 heavy (non-hydrogen) atoms. The topological polar surface area (TPSA) is 16.3 Å². The van der Waals surface area contributed by atoms with E-state index in [0.29, 0.717) is 0 Å². The Balaban J connectivity index is 0.912. The lowest BCUT2D eigenvalue weighted by Crippen LogP contribution is -2.10.